The van der Waals surface area contributed by atoms with Crippen LogP contribution in [0.15, 0.2) is 24.3 Å². The van der Waals surface area contributed by atoms with Gasteiger partial charge in [0.1, 0.15) is 0 Å². The van der Waals surface area contributed by atoms with Crippen molar-refractivity contribution in [1.29, 1.82) is 0 Å². The predicted octanol–water partition coefficient (Wildman–Crippen LogP) is 4.09. The molecular weight excluding hydrogens is 194 g/mol. The summed E-state index contributed by atoms with van der Waals surface area (Å²) in [4.78, 5) is 0. The molecule has 0 aromatic heterocycles. The van der Waals surface area contributed by atoms with Crippen LogP contribution in [0.3, 0.4) is 0 Å². The lowest BCUT2D eigenvalue weighted by atomic mass is 10.0. The van der Waals surface area contributed by atoms with E-state index in [0.717, 1.165) is 6.54 Å². The molecule has 1 aromatic rings. The molecule has 0 bridgehead atoms. The lowest BCUT2D eigenvalue weighted by molar-refractivity contribution is 0.484. The third kappa shape index (κ3) is 3.97. The zero-order valence-corrected chi connectivity index (χ0v) is 11.1. The molecule has 1 aromatic carbocycles. The van der Waals surface area contributed by atoms with E-state index >= 15 is 0 Å². The Balaban J connectivity index is 2.49. The number of hydrogen-bond acceptors (Lipinski definition) is 1. The zero-order chi connectivity index (χ0) is 12.0. The summed E-state index contributed by atoms with van der Waals surface area (Å²) < 4.78 is 0. The van der Waals surface area contributed by atoms with Crippen molar-refractivity contribution in [3.63, 3.8) is 0 Å². The minimum atomic E-state index is 0.626. The van der Waals surface area contributed by atoms with Crippen LogP contribution in [-0.2, 0) is 6.54 Å². The highest BCUT2D eigenvalue weighted by Gasteiger charge is 2.03. The van der Waals surface area contributed by atoms with E-state index in [-0.39, 0.29) is 0 Å². The summed E-state index contributed by atoms with van der Waals surface area (Å²) in [6, 6.07) is 9.63. The van der Waals surface area contributed by atoms with Gasteiger partial charge in [0.05, 0.1) is 0 Å². The van der Waals surface area contributed by atoms with Crippen molar-refractivity contribution >= 4 is 0 Å². The number of hydrogen-bond donors (Lipinski definition) is 1. The van der Waals surface area contributed by atoms with Gasteiger partial charge < -0.3 is 5.32 Å². The fourth-order valence-electron chi connectivity index (χ4n) is 1.86. The Morgan fingerprint density at radius 1 is 1.00 bits per heavy atom. The maximum atomic E-state index is 3.58. The molecule has 1 rings (SSSR count). The van der Waals surface area contributed by atoms with Crippen LogP contribution in [0.1, 0.15) is 57.6 Å². The molecule has 0 saturated heterocycles. The van der Waals surface area contributed by atoms with E-state index in [1.807, 2.05) is 0 Å². The van der Waals surface area contributed by atoms with Gasteiger partial charge in [-0.15, -0.1) is 0 Å². The van der Waals surface area contributed by atoms with Crippen LogP contribution < -0.4 is 5.32 Å². The summed E-state index contributed by atoms with van der Waals surface area (Å²) in [5, 5.41) is 3.58. The van der Waals surface area contributed by atoms with E-state index in [1.165, 1.54) is 24.0 Å². The maximum absolute atomic E-state index is 3.58. The molecule has 0 unspecified atom stereocenters. The van der Waals surface area contributed by atoms with Crippen LogP contribution in [0.5, 0.6) is 0 Å². The molecule has 16 heavy (non-hydrogen) atoms. The van der Waals surface area contributed by atoms with Gasteiger partial charge in [-0.3, -0.25) is 0 Å². The van der Waals surface area contributed by atoms with Crippen molar-refractivity contribution in [3.8, 4) is 0 Å². The summed E-state index contributed by atoms with van der Waals surface area (Å²) in [6.07, 6.45) is 2.42. The second-order valence-electron chi connectivity index (χ2n) is 4.79. The number of nitrogens with one attached hydrogen (secondary N) is 1. The Labute approximate surface area is 100 Å². The van der Waals surface area contributed by atoms with Crippen LogP contribution in [0.2, 0.25) is 0 Å². The minimum absolute atomic E-state index is 0.626. The van der Waals surface area contributed by atoms with Crippen molar-refractivity contribution in [2.45, 2.75) is 59.0 Å². The number of rotatable bonds is 6. The highest BCUT2D eigenvalue weighted by atomic mass is 14.9. The molecule has 0 amide bonds. The molecule has 0 saturated carbocycles. The second kappa shape index (κ2) is 6.70. The molecule has 0 aliphatic heterocycles. The zero-order valence-electron chi connectivity index (χ0n) is 11.1. The smallest absolute Gasteiger partial charge is 0.0208 e. The van der Waals surface area contributed by atoms with Gasteiger partial charge in [-0.05, 0) is 29.9 Å². The molecule has 1 N–H and O–H groups in total. The molecule has 0 spiro atoms. The summed E-state index contributed by atoms with van der Waals surface area (Å²) in [7, 11) is 0. The first-order chi connectivity index (χ1) is 7.67. The predicted molar refractivity (Wildman–Crippen MR) is 71.7 cm³/mol. The average Bonchev–Trinajstić information content (AvgIpc) is 2.31. The molecule has 1 nitrogen and oxygen atoms in total. The van der Waals surface area contributed by atoms with Gasteiger partial charge in [-0.25, -0.2) is 0 Å². The molecule has 1 heteroatoms. The molecular formula is C15H25N. The van der Waals surface area contributed by atoms with Gasteiger partial charge >= 0.3 is 0 Å². The van der Waals surface area contributed by atoms with E-state index in [4.69, 9.17) is 0 Å². The molecule has 0 heterocycles. The summed E-state index contributed by atoms with van der Waals surface area (Å²) in [5.41, 5.74) is 2.81. The van der Waals surface area contributed by atoms with E-state index in [0.29, 0.717) is 12.0 Å². The van der Waals surface area contributed by atoms with Gasteiger partial charge in [0, 0.05) is 12.6 Å². The van der Waals surface area contributed by atoms with Gasteiger partial charge in [-0.1, -0.05) is 52.0 Å². The Hall–Kier alpha value is -0.820. The highest BCUT2D eigenvalue weighted by molar-refractivity contribution is 5.24. The quantitative estimate of drug-likeness (QED) is 0.760. The van der Waals surface area contributed by atoms with Crippen LogP contribution in [0, 0.1) is 0 Å². The first-order valence-electron chi connectivity index (χ1n) is 6.49. The molecule has 0 radical (unpaired) electrons. The Bertz CT molecular complexity index is 283. The Kier molecular flexibility index (Phi) is 5.54. The van der Waals surface area contributed by atoms with Gasteiger partial charge in [0.25, 0.3) is 0 Å². The van der Waals surface area contributed by atoms with E-state index < -0.39 is 0 Å². The van der Waals surface area contributed by atoms with Crippen LogP contribution in [-0.4, -0.2) is 6.04 Å². The van der Waals surface area contributed by atoms with Crippen molar-refractivity contribution in [1.82, 2.24) is 5.32 Å². The van der Waals surface area contributed by atoms with Crippen molar-refractivity contribution < 1.29 is 0 Å². The van der Waals surface area contributed by atoms with Crippen molar-refractivity contribution in [2.75, 3.05) is 0 Å². The molecule has 0 fully saturated rings. The molecule has 0 atom stereocenters. The fourth-order valence-corrected chi connectivity index (χ4v) is 1.86. The molecule has 0 aliphatic rings. The van der Waals surface area contributed by atoms with Gasteiger partial charge in [-0.2, -0.15) is 0 Å². The van der Waals surface area contributed by atoms with Gasteiger partial charge in [0.2, 0.25) is 0 Å². The lowest BCUT2D eigenvalue weighted by Crippen LogP contribution is -2.26. The maximum Gasteiger partial charge on any atom is 0.0208 e. The first-order valence-corrected chi connectivity index (χ1v) is 6.49. The lowest BCUT2D eigenvalue weighted by Gasteiger charge is -2.15. The van der Waals surface area contributed by atoms with Crippen LogP contribution >= 0.6 is 0 Å². The van der Waals surface area contributed by atoms with E-state index in [2.05, 4.69) is 57.3 Å². The van der Waals surface area contributed by atoms with E-state index in [1.54, 1.807) is 0 Å². The monoisotopic (exact) mass is 219 g/mol. The average molecular weight is 219 g/mol. The first kappa shape index (κ1) is 13.2. The molecule has 90 valence electrons. The number of benzene rings is 1. The van der Waals surface area contributed by atoms with E-state index in [9.17, 15) is 0 Å². The third-order valence-corrected chi connectivity index (χ3v) is 3.23. The SMILES string of the molecule is CCC(CC)NCc1ccc(C(C)C)cc1. The topological polar surface area (TPSA) is 12.0 Å². The van der Waals surface area contributed by atoms with Crippen molar-refractivity contribution in [3.05, 3.63) is 35.4 Å². The summed E-state index contributed by atoms with van der Waals surface area (Å²) in [5.74, 6) is 0.626. The minimum Gasteiger partial charge on any atom is -0.310 e. The third-order valence-electron chi connectivity index (χ3n) is 3.23. The Morgan fingerprint density at radius 3 is 2.00 bits per heavy atom. The Morgan fingerprint density at radius 2 is 1.56 bits per heavy atom. The summed E-state index contributed by atoms with van der Waals surface area (Å²) in [6.45, 7) is 9.94. The largest absolute Gasteiger partial charge is 0.310 e. The van der Waals surface area contributed by atoms with Crippen molar-refractivity contribution in [2.24, 2.45) is 0 Å². The molecule has 0 aliphatic carbocycles. The van der Waals surface area contributed by atoms with Crippen LogP contribution in [0.4, 0.5) is 0 Å². The highest BCUT2D eigenvalue weighted by Crippen LogP contribution is 2.14. The standard InChI is InChI=1S/C15H25N/c1-5-15(6-2)16-11-13-7-9-14(10-8-13)12(3)4/h7-10,12,15-16H,5-6,11H2,1-4H3. The second-order valence-corrected chi connectivity index (χ2v) is 4.79. The van der Waals surface area contributed by atoms with Gasteiger partial charge in [0.15, 0.2) is 0 Å². The van der Waals surface area contributed by atoms with Crippen LogP contribution in [0.25, 0.3) is 0 Å². The normalized spacial score (nSPS) is 11.4. The fraction of sp³-hybridized carbons (Fsp3) is 0.600. The summed E-state index contributed by atoms with van der Waals surface area (Å²) >= 11 is 0.